The molecule has 0 amide bonds. The number of benzene rings is 5. The van der Waals surface area contributed by atoms with E-state index in [1.54, 1.807) is 36.4 Å². The van der Waals surface area contributed by atoms with Gasteiger partial charge in [-0.1, -0.05) is 145 Å². The first-order valence-corrected chi connectivity index (χ1v) is 13.7. The summed E-state index contributed by atoms with van der Waals surface area (Å²) < 4.78 is 0. The molecule has 0 heterocycles. The topological polar surface area (TPSA) is 52.6 Å². The van der Waals surface area contributed by atoms with Gasteiger partial charge in [-0.2, -0.15) is 0 Å². The van der Waals surface area contributed by atoms with Crippen LogP contribution in [0.15, 0.2) is 140 Å². The van der Waals surface area contributed by atoms with Crippen molar-refractivity contribution < 1.29 is 29.7 Å². The second-order valence-corrected chi connectivity index (χ2v) is 10.0. The number of aryl methyl sites for hydroxylation is 1. The van der Waals surface area contributed by atoms with Gasteiger partial charge in [0, 0.05) is 13.1 Å². The molecule has 0 unspecified atom stereocenters. The van der Waals surface area contributed by atoms with E-state index in [2.05, 4.69) is 57.0 Å². The van der Waals surface area contributed by atoms with Gasteiger partial charge in [0.15, 0.2) is 0 Å². The minimum atomic E-state index is 0. The van der Waals surface area contributed by atoms with Gasteiger partial charge < -0.3 is 20.0 Å². The van der Waals surface area contributed by atoms with E-state index in [1.807, 2.05) is 91.0 Å². The Morgan fingerprint density at radius 3 is 1.00 bits per heavy atom. The van der Waals surface area contributed by atoms with E-state index in [1.165, 1.54) is 5.56 Å². The van der Waals surface area contributed by atoms with Gasteiger partial charge in [0.1, 0.15) is 0 Å². The maximum Gasteiger partial charge on any atom is 2.00 e. The second kappa shape index (κ2) is 21.0. The Kier molecular flexibility index (Phi) is 18.2. The molecule has 214 valence electrons. The molecule has 0 radical (unpaired) electrons. The van der Waals surface area contributed by atoms with Crippen LogP contribution >= 0.6 is 0 Å². The Morgan fingerprint density at radius 1 is 0.429 bits per heavy atom. The summed E-state index contributed by atoms with van der Waals surface area (Å²) >= 11 is 0. The molecule has 0 saturated heterocycles. The minimum absolute atomic E-state index is 0. The third kappa shape index (κ3) is 15.9. The van der Waals surface area contributed by atoms with Crippen LogP contribution in [0.2, 0.25) is 0 Å². The molecule has 0 atom stereocenters. The standard InChI is InChI=1S/2C12H10O.C7H8.C6H16N2.Zn/c2*13-12-8-4-7-11(9-12)10-5-2-1-3-6-10;1-7-5-3-2-4-6-7;1-7(2)5-6-8(3)4;/h2*1-9,13H;2-6H,1H3;5-6H2,1-4H3;/q;;;;+2/p-2. The zero-order chi connectivity index (χ0) is 29.9. The van der Waals surface area contributed by atoms with E-state index in [0.717, 1.165) is 35.3 Å². The summed E-state index contributed by atoms with van der Waals surface area (Å²) in [4.78, 5) is 4.36. The molecule has 0 aliphatic heterocycles. The summed E-state index contributed by atoms with van der Waals surface area (Å²) in [5, 5.41) is 22.1. The third-order valence-corrected chi connectivity index (χ3v) is 5.82. The first-order chi connectivity index (χ1) is 19.7. The smallest absolute Gasteiger partial charge is 0.872 e. The monoisotopic (exact) mass is 610 g/mol. The summed E-state index contributed by atoms with van der Waals surface area (Å²) in [5.41, 5.74) is 5.45. The fourth-order valence-electron chi connectivity index (χ4n) is 3.55. The van der Waals surface area contributed by atoms with Crippen LogP contribution in [0, 0.1) is 6.92 Å². The zero-order valence-electron chi connectivity index (χ0n) is 25.6. The van der Waals surface area contributed by atoms with E-state index in [0.29, 0.717) is 0 Å². The zero-order valence-corrected chi connectivity index (χ0v) is 28.6. The predicted molar refractivity (Wildman–Crippen MR) is 171 cm³/mol. The molecule has 0 aliphatic rings. The van der Waals surface area contributed by atoms with Gasteiger partial charge in [-0.15, -0.1) is 11.5 Å². The van der Waals surface area contributed by atoms with Crippen LogP contribution in [0.4, 0.5) is 0 Å². The normalized spacial score (nSPS) is 9.69. The van der Waals surface area contributed by atoms with Crippen molar-refractivity contribution in [3.63, 3.8) is 0 Å². The van der Waals surface area contributed by atoms with Crippen molar-refractivity contribution in [3.8, 4) is 33.8 Å². The van der Waals surface area contributed by atoms with Crippen LogP contribution < -0.4 is 10.2 Å². The van der Waals surface area contributed by atoms with Gasteiger partial charge in [0.2, 0.25) is 0 Å². The number of nitrogens with zero attached hydrogens (tertiary/aromatic N) is 2. The maximum absolute atomic E-state index is 11.1. The molecule has 5 aromatic carbocycles. The average Bonchev–Trinajstić information content (AvgIpc) is 2.98. The van der Waals surface area contributed by atoms with Crippen molar-refractivity contribution in [2.45, 2.75) is 6.92 Å². The van der Waals surface area contributed by atoms with Crippen molar-refractivity contribution in [2.24, 2.45) is 0 Å². The summed E-state index contributed by atoms with van der Waals surface area (Å²) in [6.07, 6.45) is 0. The van der Waals surface area contributed by atoms with Crippen LogP contribution in [0.25, 0.3) is 22.3 Å². The van der Waals surface area contributed by atoms with E-state index < -0.39 is 0 Å². The Balaban J connectivity index is 0.000000288. The Hall–Kier alpha value is -3.76. The molecule has 42 heavy (non-hydrogen) atoms. The van der Waals surface area contributed by atoms with Gasteiger partial charge in [-0.05, 0) is 57.4 Å². The van der Waals surface area contributed by atoms with E-state index in [4.69, 9.17) is 0 Å². The summed E-state index contributed by atoms with van der Waals surface area (Å²) in [5.74, 6) is 0.114. The van der Waals surface area contributed by atoms with Crippen LogP contribution in [0.5, 0.6) is 11.5 Å². The van der Waals surface area contributed by atoms with Gasteiger partial charge in [0.25, 0.3) is 0 Å². The molecular formula is C37H42N2O2Zn. The Morgan fingerprint density at radius 2 is 0.738 bits per heavy atom. The third-order valence-electron chi connectivity index (χ3n) is 5.82. The Labute approximate surface area is 265 Å². The molecule has 0 saturated carbocycles. The molecule has 0 aliphatic carbocycles. The molecule has 5 aromatic rings. The van der Waals surface area contributed by atoms with Gasteiger partial charge in [-0.3, -0.25) is 0 Å². The number of hydrogen-bond acceptors (Lipinski definition) is 4. The van der Waals surface area contributed by atoms with Crippen LogP contribution in [-0.2, 0) is 19.5 Å². The van der Waals surface area contributed by atoms with Crippen molar-refractivity contribution in [1.29, 1.82) is 0 Å². The first kappa shape index (κ1) is 36.3. The SMILES string of the molecule is CN(C)CCN(C)C.Cc1ccccc1.[O-]c1cccc(-c2ccccc2)c1.[O-]c1cccc(-c2ccccc2)c1.[Zn+2]. The predicted octanol–water partition coefficient (Wildman–Crippen LogP) is 6.96. The fourth-order valence-corrected chi connectivity index (χ4v) is 3.55. The molecule has 0 spiro atoms. The molecule has 0 bridgehead atoms. The first-order valence-electron chi connectivity index (χ1n) is 13.7. The van der Waals surface area contributed by atoms with E-state index in [-0.39, 0.29) is 31.0 Å². The summed E-state index contributed by atoms with van der Waals surface area (Å²) in [6, 6.07) is 43.9. The molecule has 0 N–H and O–H groups in total. The maximum atomic E-state index is 11.1. The molecular weight excluding hydrogens is 570 g/mol. The number of likely N-dealkylation sites (N-methyl/N-ethyl adjacent to an activating group) is 2. The summed E-state index contributed by atoms with van der Waals surface area (Å²) in [7, 11) is 8.35. The van der Waals surface area contributed by atoms with Gasteiger partial charge >= 0.3 is 19.5 Å². The second-order valence-electron chi connectivity index (χ2n) is 10.0. The van der Waals surface area contributed by atoms with Gasteiger partial charge in [0.05, 0.1) is 0 Å². The van der Waals surface area contributed by atoms with Crippen molar-refractivity contribution in [2.75, 3.05) is 41.3 Å². The molecule has 0 aromatic heterocycles. The Bertz CT molecular complexity index is 1270. The average molecular weight is 612 g/mol. The van der Waals surface area contributed by atoms with E-state index >= 15 is 0 Å². The van der Waals surface area contributed by atoms with Crippen molar-refractivity contribution in [3.05, 3.63) is 145 Å². The van der Waals surface area contributed by atoms with Gasteiger partial charge in [-0.25, -0.2) is 0 Å². The largest absolute Gasteiger partial charge is 2.00 e. The number of rotatable bonds is 5. The van der Waals surface area contributed by atoms with Crippen LogP contribution in [0.1, 0.15) is 5.56 Å². The molecule has 4 nitrogen and oxygen atoms in total. The quantitative estimate of drug-likeness (QED) is 0.202. The van der Waals surface area contributed by atoms with Crippen molar-refractivity contribution in [1.82, 2.24) is 9.80 Å². The summed E-state index contributed by atoms with van der Waals surface area (Å²) in [6.45, 7) is 4.38. The van der Waals surface area contributed by atoms with Crippen LogP contribution in [-0.4, -0.2) is 51.1 Å². The fraction of sp³-hybridized carbons (Fsp3) is 0.189. The van der Waals surface area contributed by atoms with Crippen molar-refractivity contribution >= 4 is 0 Å². The minimum Gasteiger partial charge on any atom is -0.872 e. The van der Waals surface area contributed by atoms with Crippen LogP contribution in [0.3, 0.4) is 0 Å². The molecule has 0 fully saturated rings. The number of hydrogen-bond donors (Lipinski definition) is 0. The molecule has 5 rings (SSSR count). The van der Waals surface area contributed by atoms with E-state index in [9.17, 15) is 10.2 Å². The molecule has 5 heteroatoms.